The Morgan fingerprint density at radius 2 is 1.74 bits per heavy atom. The Labute approximate surface area is 190 Å². The summed E-state index contributed by atoms with van der Waals surface area (Å²) in [7, 11) is 0. The molecule has 31 heavy (non-hydrogen) atoms. The topological polar surface area (TPSA) is 54.9 Å². The van der Waals surface area contributed by atoms with E-state index in [-0.39, 0.29) is 18.1 Å². The van der Waals surface area contributed by atoms with E-state index in [1.807, 2.05) is 24.3 Å². The molecule has 1 aromatic heterocycles. The van der Waals surface area contributed by atoms with Crippen molar-refractivity contribution < 1.29 is 9.18 Å². The Morgan fingerprint density at radius 3 is 2.45 bits per heavy atom. The molecule has 0 spiro atoms. The molecule has 0 saturated heterocycles. The van der Waals surface area contributed by atoms with Gasteiger partial charge in [0.15, 0.2) is 5.82 Å². The summed E-state index contributed by atoms with van der Waals surface area (Å²) in [4.78, 5) is 22.0. The van der Waals surface area contributed by atoms with Crippen molar-refractivity contribution >= 4 is 27.7 Å². The summed E-state index contributed by atoms with van der Waals surface area (Å²) < 4.78 is 14.3. The van der Waals surface area contributed by atoms with Crippen LogP contribution in [0.2, 0.25) is 0 Å². The molecule has 0 bridgehead atoms. The first-order chi connectivity index (χ1) is 15.1. The number of aromatic nitrogens is 2. The fourth-order valence-electron chi connectivity index (χ4n) is 4.06. The highest BCUT2D eigenvalue weighted by atomic mass is 79.9. The van der Waals surface area contributed by atoms with Crippen LogP contribution < -0.4 is 5.32 Å². The van der Waals surface area contributed by atoms with E-state index in [4.69, 9.17) is 4.98 Å². The van der Waals surface area contributed by atoms with Crippen molar-refractivity contribution in [1.29, 1.82) is 0 Å². The number of hydrogen-bond acceptors (Lipinski definition) is 3. The Hall–Kier alpha value is -2.60. The minimum atomic E-state index is -0.282. The summed E-state index contributed by atoms with van der Waals surface area (Å²) in [6.45, 7) is 0. The van der Waals surface area contributed by atoms with Crippen molar-refractivity contribution in [2.45, 2.75) is 44.9 Å². The van der Waals surface area contributed by atoms with Crippen LogP contribution in [0, 0.1) is 11.7 Å². The molecule has 2 aromatic carbocycles. The van der Waals surface area contributed by atoms with Gasteiger partial charge in [0, 0.05) is 10.0 Å². The number of hydrogen-bond donors (Lipinski definition) is 1. The molecule has 1 amide bonds. The van der Waals surface area contributed by atoms with Crippen molar-refractivity contribution in [3.05, 3.63) is 76.3 Å². The van der Waals surface area contributed by atoms with Crippen LogP contribution in [0.5, 0.6) is 0 Å². The second-order valence-corrected chi connectivity index (χ2v) is 9.03. The van der Waals surface area contributed by atoms with Crippen LogP contribution in [0.1, 0.15) is 43.4 Å². The quantitative estimate of drug-likeness (QED) is 0.446. The first kappa shape index (κ1) is 21.6. The molecule has 3 aromatic rings. The molecular formula is C25H25BrFN3O. The third kappa shape index (κ3) is 5.97. The average Bonchev–Trinajstić information content (AvgIpc) is 2.78. The van der Waals surface area contributed by atoms with E-state index in [2.05, 4.69) is 26.2 Å². The summed E-state index contributed by atoms with van der Waals surface area (Å²) in [5.41, 5.74) is 3.24. The number of nitrogens with zero attached hydrogens (tertiary/aromatic N) is 2. The van der Waals surface area contributed by atoms with Gasteiger partial charge >= 0.3 is 0 Å². The molecule has 160 valence electrons. The normalized spacial score (nSPS) is 14.4. The minimum absolute atomic E-state index is 0.115. The first-order valence-corrected chi connectivity index (χ1v) is 11.5. The largest absolute Gasteiger partial charge is 0.309 e. The number of halogens is 2. The van der Waals surface area contributed by atoms with Crippen molar-refractivity contribution in [3.63, 3.8) is 0 Å². The van der Waals surface area contributed by atoms with Gasteiger partial charge in [-0.3, -0.25) is 4.79 Å². The Bertz CT molecular complexity index is 1030. The predicted octanol–water partition coefficient (Wildman–Crippen LogP) is 6.35. The molecular weight excluding hydrogens is 457 g/mol. The zero-order chi connectivity index (χ0) is 21.6. The van der Waals surface area contributed by atoms with Crippen LogP contribution in [0.4, 0.5) is 10.2 Å². The molecule has 1 aliphatic rings. The maximum absolute atomic E-state index is 13.3. The molecule has 6 heteroatoms. The molecule has 1 heterocycles. The Kier molecular flexibility index (Phi) is 7.07. The summed E-state index contributed by atoms with van der Waals surface area (Å²) in [5, 5.41) is 2.97. The van der Waals surface area contributed by atoms with E-state index < -0.39 is 0 Å². The van der Waals surface area contributed by atoms with E-state index >= 15 is 0 Å². The fraction of sp³-hybridized carbons (Fsp3) is 0.320. The summed E-state index contributed by atoms with van der Waals surface area (Å²) in [6, 6.07) is 14.0. The lowest BCUT2D eigenvalue weighted by molar-refractivity contribution is -0.115. The van der Waals surface area contributed by atoms with Gasteiger partial charge < -0.3 is 5.32 Å². The van der Waals surface area contributed by atoms with Gasteiger partial charge in [-0.25, -0.2) is 14.4 Å². The number of nitrogens with one attached hydrogen (secondary N) is 1. The van der Waals surface area contributed by atoms with Crippen LogP contribution in [-0.2, 0) is 17.6 Å². The molecule has 0 aliphatic heterocycles. The van der Waals surface area contributed by atoms with E-state index in [1.54, 1.807) is 18.3 Å². The third-order valence-electron chi connectivity index (χ3n) is 5.73. The first-order valence-electron chi connectivity index (χ1n) is 10.7. The molecule has 1 aliphatic carbocycles. The average molecular weight is 482 g/mol. The SMILES string of the molecule is O=C(Cc1ccc(Br)cc1)Nc1ncc(-c2ccc(F)cc2)nc1CC1CCCCC1. The highest BCUT2D eigenvalue weighted by molar-refractivity contribution is 9.10. The van der Waals surface area contributed by atoms with Gasteiger partial charge in [-0.15, -0.1) is 0 Å². The van der Waals surface area contributed by atoms with Gasteiger partial charge in [-0.2, -0.15) is 0 Å². The molecule has 0 radical (unpaired) electrons. The van der Waals surface area contributed by atoms with Gasteiger partial charge in [-0.05, 0) is 54.3 Å². The summed E-state index contributed by atoms with van der Waals surface area (Å²) in [5.74, 6) is 0.680. The van der Waals surface area contributed by atoms with E-state index in [0.29, 0.717) is 17.4 Å². The maximum atomic E-state index is 13.3. The number of carbonyl (C=O) groups is 1. The standard InChI is InChI=1S/C25H25BrFN3O/c26-20-10-6-18(7-11-20)15-24(31)30-25-22(14-17-4-2-1-3-5-17)29-23(16-28-25)19-8-12-21(27)13-9-19/h6-13,16-17H,1-5,14-15H2,(H,28,30,31). The lowest BCUT2D eigenvalue weighted by atomic mass is 9.86. The van der Waals surface area contributed by atoms with Crippen molar-refractivity contribution in [3.8, 4) is 11.3 Å². The van der Waals surface area contributed by atoms with Crippen molar-refractivity contribution in [2.75, 3.05) is 5.32 Å². The van der Waals surface area contributed by atoms with Crippen molar-refractivity contribution in [1.82, 2.24) is 9.97 Å². The molecule has 1 saturated carbocycles. The maximum Gasteiger partial charge on any atom is 0.229 e. The molecule has 1 N–H and O–H groups in total. The predicted molar refractivity (Wildman–Crippen MR) is 124 cm³/mol. The van der Waals surface area contributed by atoms with Crippen LogP contribution in [0.25, 0.3) is 11.3 Å². The molecule has 4 nitrogen and oxygen atoms in total. The van der Waals surface area contributed by atoms with Crippen LogP contribution in [-0.4, -0.2) is 15.9 Å². The van der Waals surface area contributed by atoms with Crippen LogP contribution >= 0.6 is 15.9 Å². The molecule has 1 fully saturated rings. The Morgan fingerprint density at radius 1 is 1.03 bits per heavy atom. The third-order valence-corrected chi connectivity index (χ3v) is 6.26. The van der Waals surface area contributed by atoms with Crippen LogP contribution in [0.15, 0.2) is 59.2 Å². The monoisotopic (exact) mass is 481 g/mol. The molecule has 4 rings (SSSR count). The van der Waals surface area contributed by atoms with Crippen LogP contribution in [0.3, 0.4) is 0 Å². The number of amides is 1. The second-order valence-electron chi connectivity index (χ2n) is 8.12. The molecule has 0 unspecified atom stereocenters. The van der Waals surface area contributed by atoms with Gasteiger partial charge in [0.1, 0.15) is 5.82 Å². The van der Waals surface area contributed by atoms with Gasteiger partial charge in [0.05, 0.1) is 24.0 Å². The van der Waals surface area contributed by atoms with Gasteiger partial charge in [-0.1, -0.05) is 60.2 Å². The lowest BCUT2D eigenvalue weighted by Crippen LogP contribution is -2.19. The van der Waals surface area contributed by atoms with Gasteiger partial charge in [0.25, 0.3) is 0 Å². The molecule has 0 atom stereocenters. The minimum Gasteiger partial charge on any atom is -0.309 e. The van der Waals surface area contributed by atoms with E-state index in [1.165, 1.54) is 44.2 Å². The van der Waals surface area contributed by atoms with Gasteiger partial charge in [0.2, 0.25) is 5.91 Å². The highest BCUT2D eigenvalue weighted by Crippen LogP contribution is 2.29. The fourth-order valence-corrected chi connectivity index (χ4v) is 4.33. The van der Waals surface area contributed by atoms with Crippen molar-refractivity contribution in [2.24, 2.45) is 5.92 Å². The second kappa shape index (κ2) is 10.1. The lowest BCUT2D eigenvalue weighted by Gasteiger charge is -2.22. The zero-order valence-electron chi connectivity index (χ0n) is 17.3. The van der Waals surface area contributed by atoms with E-state index in [0.717, 1.165) is 27.7 Å². The zero-order valence-corrected chi connectivity index (χ0v) is 18.9. The number of carbonyl (C=O) groups excluding carboxylic acids is 1. The number of anilines is 1. The summed E-state index contributed by atoms with van der Waals surface area (Å²) >= 11 is 3.41. The van der Waals surface area contributed by atoms with E-state index in [9.17, 15) is 9.18 Å². The highest BCUT2D eigenvalue weighted by Gasteiger charge is 2.19. The Balaban J connectivity index is 1.56. The summed E-state index contributed by atoms with van der Waals surface area (Å²) in [6.07, 6.45) is 8.82. The number of benzene rings is 2. The smallest absolute Gasteiger partial charge is 0.229 e. The number of rotatable bonds is 6.